The minimum atomic E-state index is -1.02. The van der Waals surface area contributed by atoms with Crippen LogP contribution in [0.2, 0.25) is 0 Å². The molecular weight excluding hydrogens is 303 g/mol. The van der Waals surface area contributed by atoms with Gasteiger partial charge in [0, 0.05) is 19.2 Å². The third-order valence-electron chi connectivity index (χ3n) is 2.56. The van der Waals surface area contributed by atoms with Crippen LogP contribution in [0.25, 0.3) is 11.4 Å². The van der Waals surface area contributed by atoms with Crippen LogP contribution in [0.4, 0.5) is 10.1 Å². The number of rotatable bonds is 5. The predicted molar refractivity (Wildman–Crippen MR) is 71.4 cm³/mol. The zero-order valence-corrected chi connectivity index (χ0v) is 11.5. The fourth-order valence-corrected chi connectivity index (χ4v) is 2.23. The molecule has 0 spiro atoms. The summed E-state index contributed by atoms with van der Waals surface area (Å²) in [5.74, 6) is -1.83. The van der Waals surface area contributed by atoms with Crippen molar-refractivity contribution in [1.29, 1.82) is 0 Å². The summed E-state index contributed by atoms with van der Waals surface area (Å²) in [5.41, 5.74) is -0.337. The second kappa shape index (κ2) is 5.87. The van der Waals surface area contributed by atoms with Crippen LogP contribution < -0.4 is 0 Å². The fourth-order valence-electron chi connectivity index (χ4n) is 1.60. The highest BCUT2D eigenvalue weighted by atomic mass is 32.2. The summed E-state index contributed by atoms with van der Waals surface area (Å²) in [6.45, 7) is 0. The van der Waals surface area contributed by atoms with Gasteiger partial charge < -0.3 is 9.67 Å². The van der Waals surface area contributed by atoms with Crippen LogP contribution in [0.15, 0.2) is 23.4 Å². The Morgan fingerprint density at radius 3 is 2.86 bits per heavy atom. The largest absolute Gasteiger partial charge is 0.481 e. The quantitative estimate of drug-likeness (QED) is 0.508. The van der Waals surface area contributed by atoms with Gasteiger partial charge in [-0.3, -0.25) is 14.9 Å². The van der Waals surface area contributed by atoms with Gasteiger partial charge in [-0.1, -0.05) is 11.8 Å². The highest BCUT2D eigenvalue weighted by Gasteiger charge is 2.18. The van der Waals surface area contributed by atoms with E-state index in [0.29, 0.717) is 0 Å². The zero-order valence-electron chi connectivity index (χ0n) is 10.7. The van der Waals surface area contributed by atoms with Gasteiger partial charge in [0.2, 0.25) is 0 Å². The molecule has 10 heteroatoms. The number of nitrogens with zero attached hydrogens (tertiary/aromatic N) is 4. The maximum atomic E-state index is 13.8. The van der Waals surface area contributed by atoms with Gasteiger partial charge in [-0.2, -0.15) is 0 Å². The van der Waals surface area contributed by atoms with Crippen molar-refractivity contribution in [2.75, 3.05) is 5.75 Å². The van der Waals surface area contributed by atoms with Crippen LogP contribution in [0.5, 0.6) is 0 Å². The SMILES string of the molecule is Cn1c(SCC(=O)O)nnc1-c1cc([N+](=O)[O-])ccc1F. The van der Waals surface area contributed by atoms with Gasteiger partial charge >= 0.3 is 5.97 Å². The molecule has 1 aromatic heterocycles. The normalized spacial score (nSPS) is 10.6. The molecule has 2 aromatic rings. The first kappa shape index (κ1) is 14.9. The van der Waals surface area contributed by atoms with Gasteiger partial charge in [0.05, 0.1) is 16.2 Å². The molecule has 0 aliphatic heterocycles. The first-order valence-electron chi connectivity index (χ1n) is 5.58. The number of halogens is 1. The van der Waals surface area contributed by atoms with Crippen LogP contribution in [0.1, 0.15) is 0 Å². The number of hydrogen-bond donors (Lipinski definition) is 1. The van der Waals surface area contributed by atoms with Crippen molar-refractivity contribution in [3.63, 3.8) is 0 Å². The molecule has 0 bridgehead atoms. The number of aliphatic carboxylic acids is 1. The van der Waals surface area contributed by atoms with Crippen molar-refractivity contribution in [1.82, 2.24) is 14.8 Å². The predicted octanol–water partition coefficient (Wildman–Crippen LogP) is 1.71. The van der Waals surface area contributed by atoms with Crippen LogP contribution in [0, 0.1) is 15.9 Å². The summed E-state index contributed by atoms with van der Waals surface area (Å²) in [6.07, 6.45) is 0. The molecule has 1 N–H and O–H groups in total. The molecule has 0 amide bonds. The number of carboxylic acid groups (broad SMARTS) is 1. The summed E-state index contributed by atoms with van der Waals surface area (Å²) < 4.78 is 15.2. The molecule has 1 heterocycles. The summed E-state index contributed by atoms with van der Waals surface area (Å²) in [6, 6.07) is 3.09. The molecule has 0 aliphatic rings. The van der Waals surface area contributed by atoms with E-state index in [0.717, 1.165) is 30.0 Å². The first-order chi connectivity index (χ1) is 9.90. The molecule has 0 radical (unpaired) electrons. The number of hydrogen-bond acceptors (Lipinski definition) is 6. The van der Waals surface area contributed by atoms with Gasteiger partial charge in [-0.25, -0.2) is 4.39 Å². The van der Waals surface area contributed by atoms with Gasteiger partial charge in [0.25, 0.3) is 5.69 Å². The third kappa shape index (κ3) is 3.16. The Morgan fingerprint density at radius 1 is 1.52 bits per heavy atom. The standard InChI is InChI=1S/C11H9FN4O4S/c1-15-10(13-14-11(15)21-5-9(17)18)7-4-6(16(19)20)2-3-8(7)12/h2-4H,5H2,1H3,(H,17,18). The van der Waals surface area contributed by atoms with Gasteiger partial charge in [0.1, 0.15) is 5.82 Å². The monoisotopic (exact) mass is 312 g/mol. The average molecular weight is 312 g/mol. The number of aromatic nitrogens is 3. The zero-order chi connectivity index (χ0) is 15.6. The molecule has 0 atom stereocenters. The maximum Gasteiger partial charge on any atom is 0.313 e. The molecule has 0 unspecified atom stereocenters. The van der Waals surface area contributed by atoms with E-state index in [1.165, 1.54) is 11.6 Å². The second-order valence-electron chi connectivity index (χ2n) is 3.97. The minimum Gasteiger partial charge on any atom is -0.481 e. The Hall–Kier alpha value is -2.49. The molecule has 0 fully saturated rings. The van der Waals surface area contributed by atoms with Crippen molar-refractivity contribution in [2.45, 2.75) is 5.16 Å². The van der Waals surface area contributed by atoms with Gasteiger partial charge in [0.15, 0.2) is 11.0 Å². The summed E-state index contributed by atoms with van der Waals surface area (Å²) in [7, 11) is 1.53. The van der Waals surface area contributed by atoms with E-state index < -0.39 is 16.7 Å². The van der Waals surface area contributed by atoms with E-state index in [1.54, 1.807) is 0 Å². The molecule has 0 saturated heterocycles. The number of carboxylic acids is 1. The number of non-ortho nitro benzene ring substituents is 1. The minimum absolute atomic E-state index is 0.0682. The molecule has 1 aromatic carbocycles. The molecule has 110 valence electrons. The smallest absolute Gasteiger partial charge is 0.313 e. The average Bonchev–Trinajstić information content (AvgIpc) is 2.78. The Kier molecular flexibility index (Phi) is 4.17. The van der Waals surface area contributed by atoms with E-state index in [4.69, 9.17) is 5.11 Å². The number of carbonyl (C=O) groups is 1. The third-order valence-corrected chi connectivity index (χ3v) is 3.57. The van der Waals surface area contributed by atoms with Crippen LogP contribution in [0.3, 0.4) is 0 Å². The van der Waals surface area contributed by atoms with E-state index in [1.807, 2.05) is 0 Å². The molecule has 0 aliphatic carbocycles. The van der Waals surface area contributed by atoms with Crippen LogP contribution >= 0.6 is 11.8 Å². The number of thioether (sulfide) groups is 1. The Labute approximate surface area is 121 Å². The van der Waals surface area contributed by atoms with E-state index >= 15 is 0 Å². The number of benzene rings is 1. The lowest BCUT2D eigenvalue weighted by Crippen LogP contribution is -2.01. The van der Waals surface area contributed by atoms with Crippen molar-refractivity contribution in [3.05, 3.63) is 34.1 Å². The number of nitro benzene ring substituents is 1. The molecule has 0 saturated carbocycles. The topological polar surface area (TPSA) is 111 Å². The second-order valence-corrected chi connectivity index (χ2v) is 4.91. The van der Waals surface area contributed by atoms with Crippen molar-refractivity contribution in [3.8, 4) is 11.4 Å². The van der Waals surface area contributed by atoms with Gasteiger partial charge in [-0.15, -0.1) is 10.2 Å². The summed E-state index contributed by atoms with van der Waals surface area (Å²) in [5, 5.41) is 27.1. The highest BCUT2D eigenvalue weighted by molar-refractivity contribution is 7.99. The number of nitro groups is 1. The summed E-state index contributed by atoms with van der Waals surface area (Å²) >= 11 is 0.920. The van der Waals surface area contributed by atoms with Crippen molar-refractivity contribution >= 4 is 23.4 Å². The van der Waals surface area contributed by atoms with Gasteiger partial charge in [-0.05, 0) is 6.07 Å². The van der Waals surface area contributed by atoms with Crippen LogP contribution in [-0.2, 0) is 11.8 Å². The Balaban J connectivity index is 2.40. The van der Waals surface area contributed by atoms with E-state index in [-0.39, 0.29) is 28.0 Å². The fraction of sp³-hybridized carbons (Fsp3) is 0.182. The van der Waals surface area contributed by atoms with Crippen molar-refractivity contribution in [2.24, 2.45) is 7.05 Å². The lowest BCUT2D eigenvalue weighted by molar-refractivity contribution is -0.384. The van der Waals surface area contributed by atoms with Crippen LogP contribution in [-0.4, -0.2) is 36.5 Å². The van der Waals surface area contributed by atoms with Crippen molar-refractivity contribution < 1.29 is 19.2 Å². The van der Waals surface area contributed by atoms with E-state index in [2.05, 4.69) is 10.2 Å². The first-order valence-corrected chi connectivity index (χ1v) is 6.57. The molecule has 21 heavy (non-hydrogen) atoms. The maximum absolute atomic E-state index is 13.8. The lowest BCUT2D eigenvalue weighted by atomic mass is 10.2. The molecule has 2 rings (SSSR count). The van der Waals surface area contributed by atoms with E-state index in [9.17, 15) is 19.3 Å². The lowest BCUT2D eigenvalue weighted by Gasteiger charge is -2.04. The highest BCUT2D eigenvalue weighted by Crippen LogP contribution is 2.27. The molecular formula is C11H9FN4O4S. The Bertz CT molecular complexity index is 718. The Morgan fingerprint density at radius 2 is 2.24 bits per heavy atom. The molecule has 8 nitrogen and oxygen atoms in total. The summed E-state index contributed by atoms with van der Waals surface area (Å²) in [4.78, 5) is 20.6.